The maximum Gasteiger partial charge on any atom is 0.143 e. The molecule has 0 amide bonds. The lowest BCUT2D eigenvalue weighted by Crippen LogP contribution is -2.36. The summed E-state index contributed by atoms with van der Waals surface area (Å²) in [4.78, 5) is 4.55. The van der Waals surface area contributed by atoms with E-state index in [1.54, 1.807) is 6.20 Å². The Balaban J connectivity index is 1.61. The third-order valence-corrected chi connectivity index (χ3v) is 5.13. The van der Waals surface area contributed by atoms with Gasteiger partial charge in [0.05, 0.1) is 23.8 Å². The van der Waals surface area contributed by atoms with Gasteiger partial charge in [-0.3, -0.25) is 0 Å². The van der Waals surface area contributed by atoms with Crippen molar-refractivity contribution in [2.75, 3.05) is 13.1 Å². The Morgan fingerprint density at radius 2 is 2.12 bits per heavy atom. The Kier molecular flexibility index (Phi) is 4.29. The number of rotatable bonds is 5. The molecule has 1 saturated carbocycles. The fourth-order valence-corrected chi connectivity index (χ4v) is 3.80. The number of benzene rings is 1. The average molecular weight is 327 g/mol. The Labute approximate surface area is 142 Å². The van der Waals surface area contributed by atoms with Crippen LogP contribution in [0.5, 0.6) is 5.75 Å². The van der Waals surface area contributed by atoms with E-state index in [1.165, 1.54) is 12.8 Å². The van der Waals surface area contributed by atoms with Crippen LogP contribution in [0, 0.1) is 0 Å². The predicted octanol–water partition coefficient (Wildman–Crippen LogP) is 2.60. The van der Waals surface area contributed by atoms with Crippen LogP contribution in [-0.4, -0.2) is 39.5 Å². The zero-order valence-corrected chi connectivity index (χ0v) is 13.9. The molecule has 2 fully saturated rings. The number of nitrogens with one attached hydrogen (secondary N) is 1. The van der Waals surface area contributed by atoms with Crippen LogP contribution < -0.4 is 10.1 Å². The molecule has 1 aromatic carbocycles. The summed E-state index contributed by atoms with van der Waals surface area (Å²) in [5.41, 5.74) is 0.306. The summed E-state index contributed by atoms with van der Waals surface area (Å²) in [5, 5.41) is 13.9. The molecular weight excluding hydrogens is 302 g/mol. The summed E-state index contributed by atoms with van der Waals surface area (Å²) in [6, 6.07) is 8.11. The molecule has 1 aliphatic carbocycles. The van der Waals surface area contributed by atoms with Crippen molar-refractivity contribution in [2.45, 2.75) is 50.4 Å². The first-order chi connectivity index (χ1) is 11.7. The standard InChI is InChI=1S/C19H25N3O2/c23-19(9-10-20-13-19)14-22-12-11-21-18(22)16-7-3-4-8-17(16)24-15-5-1-2-6-15/h3-4,7-8,11-12,15,20,23H,1-2,5-6,9-10,13-14H2. The van der Waals surface area contributed by atoms with E-state index in [-0.39, 0.29) is 0 Å². The fourth-order valence-electron chi connectivity index (χ4n) is 3.80. The van der Waals surface area contributed by atoms with Crippen molar-refractivity contribution in [3.63, 3.8) is 0 Å². The van der Waals surface area contributed by atoms with Crippen molar-refractivity contribution in [2.24, 2.45) is 0 Å². The highest BCUT2D eigenvalue weighted by molar-refractivity contribution is 5.64. The first kappa shape index (κ1) is 15.7. The van der Waals surface area contributed by atoms with Crippen LogP contribution in [0.15, 0.2) is 36.7 Å². The van der Waals surface area contributed by atoms with Gasteiger partial charge in [0.15, 0.2) is 0 Å². The Morgan fingerprint density at radius 3 is 2.92 bits per heavy atom. The molecule has 1 saturated heterocycles. The molecule has 2 aliphatic rings. The third-order valence-electron chi connectivity index (χ3n) is 5.13. The molecule has 1 unspecified atom stereocenters. The van der Waals surface area contributed by atoms with Crippen LogP contribution in [0.4, 0.5) is 0 Å². The van der Waals surface area contributed by atoms with Crippen LogP contribution in [-0.2, 0) is 6.54 Å². The maximum atomic E-state index is 10.7. The minimum absolute atomic E-state index is 0.317. The molecule has 2 heterocycles. The summed E-state index contributed by atoms with van der Waals surface area (Å²) in [6.45, 7) is 2.04. The molecule has 0 radical (unpaired) electrons. The number of imidazole rings is 1. The minimum Gasteiger partial charge on any atom is -0.490 e. The number of aliphatic hydroxyl groups is 1. The zero-order chi connectivity index (χ0) is 16.4. The summed E-state index contributed by atoms with van der Waals surface area (Å²) in [5.74, 6) is 1.76. The second kappa shape index (κ2) is 6.57. The average Bonchev–Trinajstić information content (AvgIpc) is 3.31. The highest BCUT2D eigenvalue weighted by Gasteiger charge is 2.32. The summed E-state index contributed by atoms with van der Waals surface area (Å²) in [7, 11) is 0. The lowest BCUT2D eigenvalue weighted by Gasteiger charge is -2.23. The van der Waals surface area contributed by atoms with Gasteiger partial charge in [-0.1, -0.05) is 12.1 Å². The Bertz CT molecular complexity index is 685. The first-order valence-corrected chi connectivity index (χ1v) is 8.94. The van der Waals surface area contributed by atoms with Gasteiger partial charge in [-0.15, -0.1) is 0 Å². The molecule has 5 nitrogen and oxygen atoms in total. The number of aromatic nitrogens is 2. The number of β-amino-alcohol motifs (C(OH)–C–C–N with tert-alkyl or cyclic N) is 1. The van der Waals surface area contributed by atoms with E-state index >= 15 is 0 Å². The predicted molar refractivity (Wildman–Crippen MR) is 93.0 cm³/mol. The number of nitrogens with zero attached hydrogens (tertiary/aromatic N) is 2. The van der Waals surface area contributed by atoms with E-state index in [0.717, 1.165) is 42.9 Å². The second-order valence-electron chi connectivity index (χ2n) is 7.05. The number of hydrogen-bond donors (Lipinski definition) is 2. The van der Waals surface area contributed by atoms with Crippen molar-refractivity contribution < 1.29 is 9.84 Å². The van der Waals surface area contributed by atoms with Crippen molar-refractivity contribution in [3.05, 3.63) is 36.7 Å². The van der Waals surface area contributed by atoms with Crippen molar-refractivity contribution in [1.82, 2.24) is 14.9 Å². The zero-order valence-electron chi connectivity index (χ0n) is 13.9. The van der Waals surface area contributed by atoms with Crippen LogP contribution in [0.2, 0.25) is 0 Å². The number of hydrogen-bond acceptors (Lipinski definition) is 4. The molecule has 0 bridgehead atoms. The van der Waals surface area contributed by atoms with E-state index in [4.69, 9.17) is 4.74 Å². The van der Waals surface area contributed by atoms with E-state index < -0.39 is 5.60 Å². The monoisotopic (exact) mass is 327 g/mol. The molecule has 5 heteroatoms. The molecule has 4 rings (SSSR count). The summed E-state index contributed by atoms with van der Waals surface area (Å²) in [6.07, 6.45) is 9.60. The van der Waals surface area contributed by atoms with E-state index in [9.17, 15) is 5.11 Å². The van der Waals surface area contributed by atoms with Crippen LogP contribution in [0.1, 0.15) is 32.1 Å². The molecular formula is C19H25N3O2. The third kappa shape index (κ3) is 3.19. The lowest BCUT2D eigenvalue weighted by molar-refractivity contribution is 0.0436. The van der Waals surface area contributed by atoms with Crippen LogP contribution in [0.25, 0.3) is 11.4 Å². The molecule has 24 heavy (non-hydrogen) atoms. The molecule has 1 aromatic heterocycles. The smallest absolute Gasteiger partial charge is 0.143 e. The SMILES string of the molecule is OC1(Cn2ccnc2-c2ccccc2OC2CCCC2)CCNC1. The summed E-state index contributed by atoms with van der Waals surface area (Å²) < 4.78 is 8.30. The van der Waals surface area contributed by atoms with Gasteiger partial charge in [0.2, 0.25) is 0 Å². The molecule has 2 N–H and O–H groups in total. The van der Waals surface area contributed by atoms with Gasteiger partial charge < -0.3 is 19.7 Å². The lowest BCUT2D eigenvalue weighted by atomic mass is 10.0. The van der Waals surface area contributed by atoms with Gasteiger partial charge in [-0.05, 0) is 50.8 Å². The van der Waals surface area contributed by atoms with Crippen molar-refractivity contribution >= 4 is 0 Å². The maximum absolute atomic E-state index is 10.7. The van der Waals surface area contributed by atoms with Crippen molar-refractivity contribution in [3.8, 4) is 17.1 Å². The fraction of sp³-hybridized carbons (Fsp3) is 0.526. The molecule has 0 spiro atoms. The highest BCUT2D eigenvalue weighted by atomic mass is 16.5. The minimum atomic E-state index is -0.698. The molecule has 2 aromatic rings. The number of ether oxygens (including phenoxy) is 1. The Morgan fingerprint density at radius 1 is 1.29 bits per heavy atom. The van der Waals surface area contributed by atoms with Gasteiger partial charge in [0.25, 0.3) is 0 Å². The van der Waals surface area contributed by atoms with Crippen molar-refractivity contribution in [1.29, 1.82) is 0 Å². The second-order valence-corrected chi connectivity index (χ2v) is 7.05. The summed E-state index contributed by atoms with van der Waals surface area (Å²) >= 11 is 0. The highest BCUT2D eigenvalue weighted by Crippen LogP contribution is 2.33. The van der Waals surface area contributed by atoms with E-state index in [0.29, 0.717) is 19.2 Å². The number of para-hydroxylation sites is 1. The van der Waals surface area contributed by atoms with Gasteiger partial charge in [0.1, 0.15) is 11.6 Å². The van der Waals surface area contributed by atoms with Crippen LogP contribution >= 0.6 is 0 Å². The van der Waals surface area contributed by atoms with Gasteiger partial charge in [-0.25, -0.2) is 4.98 Å². The van der Waals surface area contributed by atoms with Gasteiger partial charge in [-0.2, -0.15) is 0 Å². The molecule has 128 valence electrons. The van der Waals surface area contributed by atoms with Gasteiger partial charge in [0, 0.05) is 18.9 Å². The first-order valence-electron chi connectivity index (χ1n) is 8.94. The normalized spacial score (nSPS) is 24.5. The molecule has 1 aliphatic heterocycles. The van der Waals surface area contributed by atoms with E-state index in [1.807, 2.05) is 29.0 Å². The largest absolute Gasteiger partial charge is 0.490 e. The quantitative estimate of drug-likeness (QED) is 0.886. The Hall–Kier alpha value is -1.85. The van der Waals surface area contributed by atoms with Gasteiger partial charge >= 0.3 is 0 Å². The van der Waals surface area contributed by atoms with Crippen LogP contribution in [0.3, 0.4) is 0 Å². The topological polar surface area (TPSA) is 59.3 Å². The molecule has 1 atom stereocenters. The van der Waals surface area contributed by atoms with E-state index in [2.05, 4.69) is 16.4 Å².